The van der Waals surface area contributed by atoms with Crippen molar-refractivity contribution in [1.82, 2.24) is 15.0 Å². The average Bonchev–Trinajstić information content (AvgIpc) is 2.63. The number of rotatable bonds is 4. The van der Waals surface area contributed by atoms with E-state index in [0.717, 1.165) is 11.9 Å². The van der Waals surface area contributed by atoms with E-state index in [1.165, 1.54) is 6.07 Å². The summed E-state index contributed by atoms with van der Waals surface area (Å²) in [4.78, 5) is 0. The highest BCUT2D eigenvalue weighted by Crippen LogP contribution is 2.21. The molecule has 0 aliphatic heterocycles. The standard InChI is InChI=1S/C10H11BrFN3O/c1-16-4-2-3-15-10-5-7(11)8(12)6-9(10)13-14-15/h5-6H,2-4H2,1H3. The second-order valence-corrected chi connectivity index (χ2v) is 4.27. The van der Waals surface area contributed by atoms with Crippen LogP contribution in [0.3, 0.4) is 0 Å². The summed E-state index contributed by atoms with van der Waals surface area (Å²) in [5, 5.41) is 7.88. The number of hydrogen-bond donors (Lipinski definition) is 0. The van der Waals surface area contributed by atoms with Gasteiger partial charge >= 0.3 is 0 Å². The van der Waals surface area contributed by atoms with Gasteiger partial charge in [0.25, 0.3) is 0 Å². The van der Waals surface area contributed by atoms with Gasteiger partial charge in [0, 0.05) is 26.3 Å². The first-order valence-corrected chi connectivity index (χ1v) is 5.69. The quantitative estimate of drug-likeness (QED) is 0.811. The van der Waals surface area contributed by atoms with Crippen LogP contribution in [0, 0.1) is 5.82 Å². The van der Waals surface area contributed by atoms with Crippen LogP contribution in [0.1, 0.15) is 6.42 Å². The number of fused-ring (bicyclic) bond motifs is 1. The van der Waals surface area contributed by atoms with Crippen molar-refractivity contribution in [1.29, 1.82) is 0 Å². The molecule has 1 heterocycles. The predicted molar refractivity (Wildman–Crippen MR) is 61.7 cm³/mol. The number of aromatic nitrogens is 3. The molecule has 2 aromatic rings. The number of halogens is 2. The van der Waals surface area contributed by atoms with Gasteiger partial charge in [0.2, 0.25) is 0 Å². The van der Waals surface area contributed by atoms with E-state index in [-0.39, 0.29) is 5.82 Å². The largest absolute Gasteiger partial charge is 0.385 e. The molecular formula is C10H11BrFN3O. The Labute approximate surface area is 101 Å². The van der Waals surface area contributed by atoms with Crippen LogP contribution >= 0.6 is 15.9 Å². The maximum absolute atomic E-state index is 13.2. The zero-order valence-electron chi connectivity index (χ0n) is 8.78. The Morgan fingerprint density at radius 3 is 3.06 bits per heavy atom. The number of nitrogens with zero attached hydrogens (tertiary/aromatic N) is 3. The van der Waals surface area contributed by atoms with Gasteiger partial charge in [-0.25, -0.2) is 9.07 Å². The summed E-state index contributed by atoms with van der Waals surface area (Å²) < 4.78 is 20.4. The summed E-state index contributed by atoms with van der Waals surface area (Å²) in [5.41, 5.74) is 1.39. The molecule has 0 unspecified atom stereocenters. The van der Waals surface area contributed by atoms with Crippen LogP contribution in [0.15, 0.2) is 16.6 Å². The lowest BCUT2D eigenvalue weighted by molar-refractivity contribution is 0.189. The normalized spacial score (nSPS) is 11.2. The molecule has 1 aromatic heterocycles. The molecule has 1 aromatic carbocycles. The molecule has 0 N–H and O–H groups in total. The van der Waals surface area contributed by atoms with E-state index in [4.69, 9.17) is 4.74 Å². The van der Waals surface area contributed by atoms with Crippen LogP contribution in [0.2, 0.25) is 0 Å². The number of ether oxygens (including phenoxy) is 1. The summed E-state index contributed by atoms with van der Waals surface area (Å²) in [6.07, 6.45) is 0.851. The Bertz CT molecular complexity index is 500. The van der Waals surface area contributed by atoms with E-state index in [1.54, 1.807) is 17.9 Å². The molecular weight excluding hydrogens is 277 g/mol. The molecule has 0 atom stereocenters. The van der Waals surface area contributed by atoms with Gasteiger partial charge in [0.05, 0.1) is 9.99 Å². The van der Waals surface area contributed by atoms with Gasteiger partial charge in [-0.1, -0.05) is 5.21 Å². The van der Waals surface area contributed by atoms with E-state index in [0.29, 0.717) is 23.1 Å². The third-order valence-corrected chi connectivity index (χ3v) is 2.88. The van der Waals surface area contributed by atoms with Crippen molar-refractivity contribution in [2.75, 3.05) is 13.7 Å². The zero-order chi connectivity index (χ0) is 11.5. The van der Waals surface area contributed by atoms with Gasteiger partial charge in [-0.05, 0) is 28.4 Å². The van der Waals surface area contributed by atoms with Crippen molar-refractivity contribution in [3.05, 3.63) is 22.4 Å². The van der Waals surface area contributed by atoms with Crippen molar-refractivity contribution >= 4 is 27.0 Å². The minimum absolute atomic E-state index is 0.323. The summed E-state index contributed by atoms with van der Waals surface area (Å²) in [6.45, 7) is 1.38. The molecule has 0 aliphatic rings. The molecule has 0 fully saturated rings. The summed E-state index contributed by atoms with van der Waals surface area (Å²) >= 11 is 3.15. The van der Waals surface area contributed by atoms with Gasteiger partial charge in [-0.15, -0.1) is 5.10 Å². The monoisotopic (exact) mass is 287 g/mol. The fourth-order valence-electron chi connectivity index (χ4n) is 1.49. The van der Waals surface area contributed by atoms with Crippen LogP contribution in [-0.4, -0.2) is 28.7 Å². The number of aryl methyl sites for hydroxylation is 1. The third kappa shape index (κ3) is 2.22. The Morgan fingerprint density at radius 1 is 1.50 bits per heavy atom. The van der Waals surface area contributed by atoms with E-state index in [1.807, 2.05) is 0 Å². The van der Waals surface area contributed by atoms with Gasteiger partial charge < -0.3 is 4.74 Å². The molecule has 0 amide bonds. The molecule has 86 valence electrons. The fraction of sp³-hybridized carbons (Fsp3) is 0.400. The molecule has 0 spiro atoms. The van der Waals surface area contributed by atoms with Crippen LogP contribution in [0.4, 0.5) is 4.39 Å². The first-order valence-electron chi connectivity index (χ1n) is 4.89. The summed E-state index contributed by atoms with van der Waals surface area (Å²) in [5.74, 6) is -0.323. The Balaban J connectivity index is 2.29. The second-order valence-electron chi connectivity index (χ2n) is 3.41. The SMILES string of the molecule is COCCCn1nnc2cc(F)c(Br)cc21. The number of benzene rings is 1. The molecule has 2 rings (SSSR count). The lowest BCUT2D eigenvalue weighted by atomic mass is 10.3. The van der Waals surface area contributed by atoms with Crippen molar-refractivity contribution in [2.24, 2.45) is 0 Å². The highest BCUT2D eigenvalue weighted by Gasteiger charge is 2.08. The van der Waals surface area contributed by atoms with Gasteiger partial charge in [0.15, 0.2) is 0 Å². The minimum atomic E-state index is -0.323. The minimum Gasteiger partial charge on any atom is -0.385 e. The van der Waals surface area contributed by atoms with E-state index in [2.05, 4.69) is 26.2 Å². The average molecular weight is 288 g/mol. The molecule has 0 saturated heterocycles. The maximum Gasteiger partial charge on any atom is 0.139 e. The Morgan fingerprint density at radius 2 is 2.31 bits per heavy atom. The predicted octanol–water partition coefficient (Wildman–Crippen LogP) is 2.37. The lowest BCUT2D eigenvalue weighted by Gasteiger charge is -2.02. The molecule has 0 bridgehead atoms. The fourth-order valence-corrected chi connectivity index (χ4v) is 1.82. The topological polar surface area (TPSA) is 39.9 Å². The first-order chi connectivity index (χ1) is 7.72. The zero-order valence-corrected chi connectivity index (χ0v) is 10.4. The van der Waals surface area contributed by atoms with E-state index >= 15 is 0 Å². The maximum atomic E-state index is 13.2. The van der Waals surface area contributed by atoms with E-state index in [9.17, 15) is 4.39 Å². The highest BCUT2D eigenvalue weighted by molar-refractivity contribution is 9.10. The van der Waals surface area contributed by atoms with Gasteiger partial charge in [-0.3, -0.25) is 0 Å². The lowest BCUT2D eigenvalue weighted by Crippen LogP contribution is -2.03. The highest BCUT2D eigenvalue weighted by atomic mass is 79.9. The summed E-state index contributed by atoms with van der Waals surface area (Å²) in [7, 11) is 1.66. The molecule has 6 heteroatoms. The molecule has 0 radical (unpaired) electrons. The van der Waals surface area contributed by atoms with E-state index < -0.39 is 0 Å². The van der Waals surface area contributed by atoms with Crippen LogP contribution < -0.4 is 0 Å². The van der Waals surface area contributed by atoms with Crippen LogP contribution in [0.25, 0.3) is 11.0 Å². The molecule has 0 saturated carbocycles. The van der Waals surface area contributed by atoms with Crippen molar-refractivity contribution in [3.8, 4) is 0 Å². The number of methoxy groups -OCH3 is 1. The van der Waals surface area contributed by atoms with Crippen molar-refractivity contribution in [3.63, 3.8) is 0 Å². The van der Waals surface area contributed by atoms with Crippen molar-refractivity contribution in [2.45, 2.75) is 13.0 Å². The van der Waals surface area contributed by atoms with Gasteiger partial charge in [0.1, 0.15) is 11.3 Å². The summed E-state index contributed by atoms with van der Waals surface area (Å²) in [6, 6.07) is 3.07. The van der Waals surface area contributed by atoms with Gasteiger partial charge in [-0.2, -0.15) is 0 Å². The Kier molecular flexibility index (Phi) is 3.50. The third-order valence-electron chi connectivity index (χ3n) is 2.27. The molecule has 0 aliphatic carbocycles. The Hall–Kier alpha value is -1.01. The van der Waals surface area contributed by atoms with Crippen molar-refractivity contribution < 1.29 is 9.13 Å². The van der Waals surface area contributed by atoms with Crippen LogP contribution in [0.5, 0.6) is 0 Å². The number of hydrogen-bond acceptors (Lipinski definition) is 3. The first kappa shape index (κ1) is 11.5. The molecule has 4 nitrogen and oxygen atoms in total. The van der Waals surface area contributed by atoms with Crippen LogP contribution in [-0.2, 0) is 11.3 Å². The molecule has 16 heavy (non-hydrogen) atoms. The second kappa shape index (κ2) is 4.88. The smallest absolute Gasteiger partial charge is 0.139 e.